The standard InChI is InChI=1S/C16H22N4O2.ClH/c1-19(13-5-4-6-14(11-13)21-3)16-18-17-15(20(16)2)12-7-9-22-10-8-12;/h4-6,11-12H,7-10H2,1-3H3;1H. The molecule has 0 spiro atoms. The fourth-order valence-corrected chi connectivity index (χ4v) is 2.87. The largest absolute Gasteiger partial charge is 0.497 e. The minimum Gasteiger partial charge on any atom is -0.497 e. The maximum Gasteiger partial charge on any atom is 0.231 e. The third kappa shape index (κ3) is 3.59. The number of anilines is 2. The van der Waals surface area contributed by atoms with E-state index >= 15 is 0 Å². The Morgan fingerprint density at radius 2 is 2.00 bits per heavy atom. The Balaban J connectivity index is 0.00000192. The Morgan fingerprint density at radius 3 is 2.70 bits per heavy atom. The van der Waals surface area contributed by atoms with Gasteiger partial charge in [-0.2, -0.15) is 0 Å². The van der Waals surface area contributed by atoms with Crippen molar-refractivity contribution in [2.45, 2.75) is 18.8 Å². The Bertz CT molecular complexity index is 641. The maximum absolute atomic E-state index is 5.43. The molecule has 2 aromatic rings. The van der Waals surface area contributed by atoms with Crippen LogP contribution in [0.3, 0.4) is 0 Å². The first-order valence-electron chi connectivity index (χ1n) is 7.55. The van der Waals surface area contributed by atoms with Gasteiger partial charge in [0.25, 0.3) is 0 Å². The zero-order chi connectivity index (χ0) is 15.5. The van der Waals surface area contributed by atoms with E-state index in [4.69, 9.17) is 9.47 Å². The van der Waals surface area contributed by atoms with Crippen molar-refractivity contribution in [2.24, 2.45) is 7.05 Å². The number of ether oxygens (including phenoxy) is 2. The molecule has 0 saturated carbocycles. The highest BCUT2D eigenvalue weighted by Gasteiger charge is 2.23. The van der Waals surface area contributed by atoms with Crippen LogP contribution >= 0.6 is 12.4 Å². The Hall–Kier alpha value is -1.79. The van der Waals surface area contributed by atoms with Gasteiger partial charge in [-0.3, -0.25) is 4.57 Å². The predicted octanol–water partition coefficient (Wildman–Crippen LogP) is 2.91. The van der Waals surface area contributed by atoms with Crippen molar-refractivity contribution in [1.82, 2.24) is 14.8 Å². The normalized spacial score (nSPS) is 15.1. The van der Waals surface area contributed by atoms with Crippen LogP contribution in [0.1, 0.15) is 24.6 Å². The van der Waals surface area contributed by atoms with Gasteiger partial charge in [0.15, 0.2) is 0 Å². The van der Waals surface area contributed by atoms with E-state index in [1.807, 2.05) is 43.3 Å². The Labute approximate surface area is 142 Å². The van der Waals surface area contributed by atoms with Crippen LogP contribution in [0.4, 0.5) is 11.6 Å². The number of nitrogens with zero attached hydrogens (tertiary/aromatic N) is 4. The van der Waals surface area contributed by atoms with Gasteiger partial charge in [-0.15, -0.1) is 22.6 Å². The van der Waals surface area contributed by atoms with Gasteiger partial charge in [-0.05, 0) is 25.0 Å². The van der Waals surface area contributed by atoms with Crippen molar-refractivity contribution in [3.05, 3.63) is 30.1 Å². The number of hydrogen-bond donors (Lipinski definition) is 0. The fourth-order valence-electron chi connectivity index (χ4n) is 2.87. The lowest BCUT2D eigenvalue weighted by Gasteiger charge is -2.22. The average Bonchev–Trinajstić information content (AvgIpc) is 2.96. The van der Waals surface area contributed by atoms with Gasteiger partial charge in [0.05, 0.1) is 7.11 Å². The summed E-state index contributed by atoms with van der Waals surface area (Å²) in [6, 6.07) is 7.93. The second-order valence-electron chi connectivity index (χ2n) is 5.56. The lowest BCUT2D eigenvalue weighted by Crippen LogP contribution is -2.19. The SMILES string of the molecule is COc1cccc(N(C)c2nnc(C3CCOCC3)n2C)c1.Cl. The molecule has 0 amide bonds. The smallest absolute Gasteiger partial charge is 0.231 e. The number of aromatic nitrogens is 3. The predicted molar refractivity (Wildman–Crippen MR) is 92.1 cm³/mol. The van der Waals surface area contributed by atoms with Gasteiger partial charge in [0.2, 0.25) is 5.95 Å². The van der Waals surface area contributed by atoms with Crippen molar-refractivity contribution in [3.8, 4) is 5.75 Å². The van der Waals surface area contributed by atoms with E-state index in [2.05, 4.69) is 14.8 Å². The van der Waals surface area contributed by atoms with Crippen LogP contribution in [-0.4, -0.2) is 42.1 Å². The summed E-state index contributed by atoms with van der Waals surface area (Å²) in [5, 5.41) is 8.79. The molecule has 1 fully saturated rings. The van der Waals surface area contributed by atoms with Crippen LogP contribution in [0.25, 0.3) is 0 Å². The summed E-state index contributed by atoms with van der Waals surface area (Å²) in [7, 11) is 5.69. The van der Waals surface area contributed by atoms with Crippen molar-refractivity contribution < 1.29 is 9.47 Å². The molecule has 1 aromatic heterocycles. The molecule has 23 heavy (non-hydrogen) atoms. The zero-order valence-corrected chi connectivity index (χ0v) is 14.5. The first-order valence-corrected chi connectivity index (χ1v) is 7.55. The molecule has 6 nitrogen and oxygen atoms in total. The zero-order valence-electron chi connectivity index (χ0n) is 13.7. The number of benzene rings is 1. The second kappa shape index (κ2) is 7.66. The lowest BCUT2D eigenvalue weighted by atomic mass is 10.00. The van der Waals surface area contributed by atoms with Gasteiger partial charge in [-0.25, -0.2) is 0 Å². The molecule has 0 N–H and O–H groups in total. The minimum absolute atomic E-state index is 0. The molecule has 0 bridgehead atoms. The molecule has 1 aromatic carbocycles. The third-order valence-corrected chi connectivity index (χ3v) is 4.21. The first kappa shape index (κ1) is 17.6. The van der Waals surface area contributed by atoms with E-state index in [1.165, 1.54) is 0 Å². The van der Waals surface area contributed by atoms with Gasteiger partial charge >= 0.3 is 0 Å². The summed E-state index contributed by atoms with van der Waals surface area (Å²) in [6.45, 7) is 1.61. The maximum atomic E-state index is 5.43. The van der Waals surface area contributed by atoms with E-state index in [-0.39, 0.29) is 12.4 Å². The first-order chi connectivity index (χ1) is 10.7. The number of halogens is 1. The van der Waals surface area contributed by atoms with E-state index in [0.29, 0.717) is 5.92 Å². The molecule has 2 heterocycles. The summed E-state index contributed by atoms with van der Waals surface area (Å²) >= 11 is 0. The molecule has 0 unspecified atom stereocenters. The summed E-state index contributed by atoms with van der Waals surface area (Å²) in [6.07, 6.45) is 2.02. The Morgan fingerprint density at radius 1 is 1.26 bits per heavy atom. The highest BCUT2D eigenvalue weighted by atomic mass is 35.5. The molecule has 1 saturated heterocycles. The molecular formula is C16H23ClN4O2. The highest BCUT2D eigenvalue weighted by molar-refractivity contribution is 5.85. The van der Waals surface area contributed by atoms with Crippen LogP contribution in [0.5, 0.6) is 5.75 Å². The van der Waals surface area contributed by atoms with Crippen molar-refractivity contribution in [2.75, 3.05) is 32.3 Å². The molecule has 1 aliphatic heterocycles. The summed E-state index contributed by atoms with van der Waals surface area (Å²) in [4.78, 5) is 2.03. The molecule has 1 aliphatic rings. The van der Waals surface area contributed by atoms with Gasteiger partial charge in [0.1, 0.15) is 11.6 Å². The quantitative estimate of drug-likeness (QED) is 0.858. The van der Waals surface area contributed by atoms with Crippen LogP contribution in [0.15, 0.2) is 24.3 Å². The minimum atomic E-state index is 0. The molecule has 7 heteroatoms. The summed E-state index contributed by atoms with van der Waals surface area (Å²) in [5.41, 5.74) is 1.02. The van der Waals surface area contributed by atoms with Crippen LogP contribution in [-0.2, 0) is 11.8 Å². The van der Waals surface area contributed by atoms with Crippen molar-refractivity contribution >= 4 is 24.0 Å². The van der Waals surface area contributed by atoms with Crippen LogP contribution in [0.2, 0.25) is 0 Å². The molecule has 126 valence electrons. The molecule has 3 rings (SSSR count). The molecule has 0 atom stereocenters. The van der Waals surface area contributed by atoms with Crippen LogP contribution < -0.4 is 9.64 Å². The van der Waals surface area contributed by atoms with Crippen molar-refractivity contribution in [3.63, 3.8) is 0 Å². The van der Waals surface area contributed by atoms with Gasteiger partial charge in [0, 0.05) is 45.0 Å². The fraction of sp³-hybridized carbons (Fsp3) is 0.500. The van der Waals surface area contributed by atoms with E-state index in [9.17, 15) is 0 Å². The van der Waals surface area contributed by atoms with Gasteiger partial charge in [-0.1, -0.05) is 6.07 Å². The summed E-state index contributed by atoms with van der Waals surface area (Å²) in [5.74, 6) is 3.12. The molecule has 0 aliphatic carbocycles. The summed E-state index contributed by atoms with van der Waals surface area (Å²) < 4.78 is 12.8. The second-order valence-corrected chi connectivity index (χ2v) is 5.56. The van der Waals surface area contributed by atoms with E-state index in [1.54, 1.807) is 7.11 Å². The van der Waals surface area contributed by atoms with E-state index < -0.39 is 0 Å². The Kier molecular flexibility index (Phi) is 5.85. The highest BCUT2D eigenvalue weighted by Crippen LogP contribution is 2.30. The van der Waals surface area contributed by atoms with Crippen molar-refractivity contribution in [1.29, 1.82) is 0 Å². The van der Waals surface area contributed by atoms with Gasteiger partial charge < -0.3 is 14.4 Å². The topological polar surface area (TPSA) is 52.4 Å². The van der Waals surface area contributed by atoms with Crippen LogP contribution in [0, 0.1) is 0 Å². The molecular weight excluding hydrogens is 316 g/mol. The average molecular weight is 339 g/mol. The number of hydrogen-bond acceptors (Lipinski definition) is 5. The monoisotopic (exact) mass is 338 g/mol. The lowest BCUT2D eigenvalue weighted by molar-refractivity contribution is 0.0830. The third-order valence-electron chi connectivity index (χ3n) is 4.21. The number of methoxy groups -OCH3 is 1. The number of rotatable bonds is 4. The van der Waals surface area contributed by atoms with E-state index in [0.717, 1.165) is 49.3 Å². The molecule has 0 radical (unpaired) electrons.